The topological polar surface area (TPSA) is 23.5 Å². The van der Waals surface area contributed by atoms with Crippen molar-refractivity contribution in [1.82, 2.24) is 4.90 Å². The number of nitrogens with zero attached hydrogens (tertiary/aromatic N) is 1. The summed E-state index contributed by atoms with van der Waals surface area (Å²) in [5.74, 6) is 0.267. The maximum Gasteiger partial charge on any atom is 0.144 e. The predicted molar refractivity (Wildman–Crippen MR) is 78.1 cm³/mol. The third kappa shape index (κ3) is 3.72. The second kappa shape index (κ2) is 6.38. The Morgan fingerprint density at radius 3 is 2.38 bits per heavy atom. The van der Waals surface area contributed by atoms with E-state index in [9.17, 15) is 5.11 Å². The van der Waals surface area contributed by atoms with Gasteiger partial charge in [0.25, 0.3) is 0 Å². The van der Waals surface area contributed by atoms with Crippen molar-refractivity contribution in [2.24, 2.45) is 0 Å². The van der Waals surface area contributed by atoms with Crippen LogP contribution in [0.3, 0.4) is 0 Å². The second-order valence-electron chi connectivity index (χ2n) is 3.89. The van der Waals surface area contributed by atoms with Gasteiger partial charge in [-0.15, -0.1) is 0 Å². The zero-order valence-corrected chi connectivity index (χ0v) is 14.0. The van der Waals surface area contributed by atoms with Crippen LogP contribution in [0, 0.1) is 0 Å². The molecule has 0 spiro atoms. The van der Waals surface area contributed by atoms with Gasteiger partial charge in [-0.25, -0.2) is 0 Å². The molecular weight excluding hydrogens is 402 g/mol. The summed E-state index contributed by atoms with van der Waals surface area (Å²) in [6.45, 7) is 1.04. The van der Waals surface area contributed by atoms with Crippen molar-refractivity contribution < 1.29 is 5.11 Å². The lowest BCUT2D eigenvalue weighted by atomic mass is 10.1. The summed E-state index contributed by atoms with van der Waals surface area (Å²) in [6, 6.07) is 1.88. The molecule has 0 atom stereocenters. The summed E-state index contributed by atoms with van der Waals surface area (Å²) in [7, 11) is 4.12. The Labute approximate surface area is 121 Å². The molecule has 0 fully saturated rings. The second-order valence-corrected chi connectivity index (χ2v) is 6.39. The number of benzene rings is 1. The van der Waals surface area contributed by atoms with Crippen LogP contribution in [-0.2, 0) is 6.42 Å². The van der Waals surface area contributed by atoms with Gasteiger partial charge in [0, 0.05) is 4.47 Å². The van der Waals surface area contributed by atoms with E-state index in [2.05, 4.69) is 66.8 Å². The van der Waals surface area contributed by atoms with Crippen LogP contribution < -0.4 is 0 Å². The fourth-order valence-electron chi connectivity index (χ4n) is 1.42. The molecule has 0 heterocycles. The minimum absolute atomic E-state index is 0.267. The molecule has 90 valence electrons. The lowest BCUT2D eigenvalue weighted by molar-refractivity contribution is 0.399. The average Bonchev–Trinajstić information content (AvgIpc) is 2.19. The Morgan fingerprint density at radius 2 is 1.81 bits per heavy atom. The number of rotatable bonds is 4. The molecule has 1 rings (SSSR count). The summed E-state index contributed by atoms with van der Waals surface area (Å²) < 4.78 is 2.48. The molecule has 0 radical (unpaired) electrons. The molecule has 1 aromatic carbocycles. The number of aromatic hydroxyl groups is 1. The molecule has 0 unspecified atom stereocenters. The molecule has 0 amide bonds. The van der Waals surface area contributed by atoms with Gasteiger partial charge in [-0.1, -0.05) is 15.9 Å². The molecule has 0 aliphatic rings. The molecule has 5 heteroatoms. The zero-order chi connectivity index (χ0) is 12.3. The molecule has 1 N–H and O–H groups in total. The van der Waals surface area contributed by atoms with Crippen LogP contribution >= 0.6 is 47.8 Å². The van der Waals surface area contributed by atoms with Crippen molar-refractivity contribution in [2.75, 3.05) is 20.6 Å². The van der Waals surface area contributed by atoms with Crippen molar-refractivity contribution in [1.29, 1.82) is 0 Å². The fourth-order valence-corrected chi connectivity index (χ4v) is 3.94. The van der Waals surface area contributed by atoms with Gasteiger partial charge in [-0.05, 0) is 77.0 Å². The smallest absolute Gasteiger partial charge is 0.144 e. The van der Waals surface area contributed by atoms with Gasteiger partial charge in [0.15, 0.2) is 0 Å². The van der Waals surface area contributed by atoms with Gasteiger partial charge in [-0.3, -0.25) is 0 Å². The van der Waals surface area contributed by atoms with E-state index in [1.165, 1.54) is 0 Å². The highest BCUT2D eigenvalue weighted by Gasteiger charge is 2.12. The van der Waals surface area contributed by atoms with E-state index in [0.717, 1.165) is 33.9 Å². The minimum atomic E-state index is 0.267. The fraction of sp³-hybridized carbons (Fsp3) is 0.455. The zero-order valence-electron chi connectivity index (χ0n) is 9.23. The summed E-state index contributed by atoms with van der Waals surface area (Å²) in [4.78, 5) is 2.15. The van der Waals surface area contributed by atoms with Gasteiger partial charge in [0.1, 0.15) is 5.75 Å². The van der Waals surface area contributed by atoms with Gasteiger partial charge in [0.05, 0.1) is 8.95 Å². The van der Waals surface area contributed by atoms with Crippen LogP contribution in [0.25, 0.3) is 0 Å². The largest absolute Gasteiger partial charge is 0.506 e. The van der Waals surface area contributed by atoms with Gasteiger partial charge in [0.2, 0.25) is 0 Å². The molecule has 0 saturated heterocycles. The SMILES string of the molecule is CN(C)CCCc1c(Br)cc(Br)c(O)c1Br. The molecule has 0 aliphatic carbocycles. The summed E-state index contributed by atoms with van der Waals surface area (Å²) in [5, 5.41) is 9.80. The number of halogens is 3. The highest BCUT2D eigenvalue weighted by Crippen LogP contribution is 2.39. The van der Waals surface area contributed by atoms with Crippen LogP contribution in [0.1, 0.15) is 12.0 Å². The molecule has 0 aromatic heterocycles. The van der Waals surface area contributed by atoms with Crippen molar-refractivity contribution >= 4 is 47.8 Å². The highest BCUT2D eigenvalue weighted by molar-refractivity contribution is 9.11. The molecular formula is C11H14Br3NO. The highest BCUT2D eigenvalue weighted by atomic mass is 79.9. The van der Waals surface area contributed by atoms with Gasteiger partial charge < -0.3 is 10.0 Å². The molecule has 0 aliphatic heterocycles. The first-order valence-corrected chi connectivity index (χ1v) is 7.31. The van der Waals surface area contributed by atoms with E-state index in [-0.39, 0.29) is 5.75 Å². The molecule has 0 saturated carbocycles. The molecule has 0 bridgehead atoms. The maximum absolute atomic E-state index is 9.80. The minimum Gasteiger partial charge on any atom is -0.506 e. The Morgan fingerprint density at radius 1 is 1.19 bits per heavy atom. The molecule has 16 heavy (non-hydrogen) atoms. The molecule has 1 aromatic rings. The van der Waals surface area contributed by atoms with Crippen LogP contribution in [0.15, 0.2) is 19.5 Å². The van der Waals surface area contributed by atoms with Gasteiger partial charge in [-0.2, -0.15) is 0 Å². The third-order valence-corrected chi connectivity index (χ3v) is 4.44. The van der Waals surface area contributed by atoms with Crippen molar-refractivity contribution in [3.63, 3.8) is 0 Å². The van der Waals surface area contributed by atoms with E-state index >= 15 is 0 Å². The van der Waals surface area contributed by atoms with Crippen LogP contribution in [0.5, 0.6) is 5.75 Å². The van der Waals surface area contributed by atoms with Crippen molar-refractivity contribution in [3.8, 4) is 5.75 Å². The maximum atomic E-state index is 9.80. The van der Waals surface area contributed by atoms with Crippen LogP contribution in [-0.4, -0.2) is 30.6 Å². The number of phenols is 1. The normalized spacial score (nSPS) is 11.1. The Kier molecular flexibility index (Phi) is 5.77. The predicted octanol–water partition coefficient (Wildman–Crippen LogP) is 4.17. The van der Waals surface area contributed by atoms with E-state index in [4.69, 9.17) is 0 Å². The number of hydrogen-bond acceptors (Lipinski definition) is 2. The first kappa shape index (κ1) is 14.5. The Balaban J connectivity index is 2.84. The summed E-state index contributed by atoms with van der Waals surface area (Å²) in [5.41, 5.74) is 1.11. The Bertz CT molecular complexity index is 380. The third-order valence-electron chi connectivity index (χ3n) is 2.27. The first-order chi connectivity index (χ1) is 7.43. The van der Waals surface area contributed by atoms with E-state index < -0.39 is 0 Å². The van der Waals surface area contributed by atoms with Crippen LogP contribution in [0.2, 0.25) is 0 Å². The molecule has 2 nitrogen and oxygen atoms in total. The summed E-state index contributed by atoms with van der Waals surface area (Å²) >= 11 is 10.2. The summed E-state index contributed by atoms with van der Waals surface area (Å²) in [6.07, 6.45) is 1.99. The van der Waals surface area contributed by atoms with Crippen LogP contribution in [0.4, 0.5) is 0 Å². The Hall–Kier alpha value is 0.420. The number of phenolic OH excluding ortho intramolecular Hbond substituents is 1. The standard InChI is InChI=1S/C11H14Br3NO/c1-15(2)5-3-4-7-8(12)6-9(13)11(16)10(7)14/h6,16H,3-5H2,1-2H3. The monoisotopic (exact) mass is 413 g/mol. The van der Waals surface area contributed by atoms with E-state index in [1.807, 2.05) is 6.07 Å². The van der Waals surface area contributed by atoms with Gasteiger partial charge >= 0.3 is 0 Å². The number of hydrogen-bond donors (Lipinski definition) is 1. The first-order valence-electron chi connectivity index (χ1n) is 4.93. The van der Waals surface area contributed by atoms with E-state index in [1.54, 1.807) is 0 Å². The average molecular weight is 416 g/mol. The van der Waals surface area contributed by atoms with Crippen molar-refractivity contribution in [2.45, 2.75) is 12.8 Å². The quantitative estimate of drug-likeness (QED) is 0.797. The lowest BCUT2D eigenvalue weighted by Gasteiger charge is -2.13. The van der Waals surface area contributed by atoms with Crippen molar-refractivity contribution in [3.05, 3.63) is 25.0 Å². The van der Waals surface area contributed by atoms with E-state index in [0.29, 0.717) is 4.47 Å². The lowest BCUT2D eigenvalue weighted by Crippen LogP contribution is -2.13.